The molecule has 8 heteroatoms. The monoisotopic (exact) mass is 293 g/mol. The molecule has 0 saturated carbocycles. The number of aromatic nitrogens is 2. The SMILES string of the molecule is CSC(C)CCNS(=O)(=O)c1c(CO)n[nH]c1C. The van der Waals surface area contributed by atoms with Gasteiger partial charge in [0.15, 0.2) is 0 Å². The smallest absolute Gasteiger partial charge is 0.244 e. The Hall–Kier alpha value is -0.570. The predicted octanol–water partition coefficient (Wildman–Crippen LogP) is 0.630. The number of sulfonamides is 1. The van der Waals surface area contributed by atoms with Crippen molar-refractivity contribution >= 4 is 21.8 Å². The third-order valence-corrected chi connectivity index (χ3v) is 5.33. The minimum absolute atomic E-state index is 0.0572. The van der Waals surface area contributed by atoms with Gasteiger partial charge in [0.1, 0.15) is 10.6 Å². The third kappa shape index (κ3) is 3.71. The standard InChI is InChI=1S/C10H19N3O3S2/c1-7(17-3)4-5-11-18(15,16)10-8(2)12-13-9(10)6-14/h7,11,14H,4-6H2,1-3H3,(H,12,13). The molecule has 0 amide bonds. The molecule has 1 heterocycles. The van der Waals surface area contributed by atoms with Crippen molar-refractivity contribution in [3.05, 3.63) is 11.4 Å². The number of hydrogen-bond acceptors (Lipinski definition) is 5. The summed E-state index contributed by atoms with van der Waals surface area (Å²) in [6, 6.07) is 0. The normalized spacial score (nSPS) is 13.8. The van der Waals surface area contributed by atoms with Crippen LogP contribution in [0.5, 0.6) is 0 Å². The molecule has 0 radical (unpaired) electrons. The highest BCUT2D eigenvalue weighted by molar-refractivity contribution is 7.99. The number of nitrogens with one attached hydrogen (secondary N) is 2. The van der Waals surface area contributed by atoms with E-state index in [0.29, 0.717) is 17.5 Å². The summed E-state index contributed by atoms with van der Waals surface area (Å²) in [5.74, 6) is 0. The van der Waals surface area contributed by atoms with Gasteiger partial charge in [0.2, 0.25) is 10.0 Å². The second kappa shape index (κ2) is 6.55. The lowest BCUT2D eigenvalue weighted by Gasteiger charge is -2.10. The topological polar surface area (TPSA) is 95.1 Å². The molecule has 0 spiro atoms. The van der Waals surface area contributed by atoms with E-state index in [2.05, 4.69) is 14.9 Å². The molecule has 1 aromatic heterocycles. The van der Waals surface area contributed by atoms with E-state index in [1.165, 1.54) is 0 Å². The predicted molar refractivity (Wildman–Crippen MR) is 72.0 cm³/mol. The van der Waals surface area contributed by atoms with E-state index < -0.39 is 16.6 Å². The quantitative estimate of drug-likeness (QED) is 0.685. The third-order valence-electron chi connectivity index (χ3n) is 2.63. The second-order valence-electron chi connectivity index (χ2n) is 4.02. The van der Waals surface area contributed by atoms with Gasteiger partial charge in [-0.2, -0.15) is 16.9 Å². The van der Waals surface area contributed by atoms with Crippen molar-refractivity contribution in [2.45, 2.75) is 37.0 Å². The van der Waals surface area contributed by atoms with Gasteiger partial charge in [0.25, 0.3) is 0 Å². The number of aliphatic hydroxyl groups excluding tert-OH is 1. The molecule has 6 nitrogen and oxygen atoms in total. The highest BCUT2D eigenvalue weighted by atomic mass is 32.2. The zero-order chi connectivity index (χ0) is 13.8. The first kappa shape index (κ1) is 15.5. The number of nitrogens with zero attached hydrogens (tertiary/aromatic N) is 1. The molecule has 3 N–H and O–H groups in total. The second-order valence-corrected chi connectivity index (χ2v) is 7.00. The summed E-state index contributed by atoms with van der Waals surface area (Å²) in [4.78, 5) is 0.0572. The van der Waals surface area contributed by atoms with Crippen molar-refractivity contribution in [2.75, 3.05) is 12.8 Å². The van der Waals surface area contributed by atoms with Gasteiger partial charge in [-0.15, -0.1) is 0 Å². The molecule has 0 saturated heterocycles. The van der Waals surface area contributed by atoms with Crippen LogP contribution in [0.25, 0.3) is 0 Å². The summed E-state index contributed by atoms with van der Waals surface area (Å²) in [6.07, 6.45) is 2.75. The van der Waals surface area contributed by atoms with Gasteiger partial charge in [0, 0.05) is 11.8 Å². The molecule has 0 aromatic carbocycles. The summed E-state index contributed by atoms with van der Waals surface area (Å²) in [6.45, 7) is 3.63. The largest absolute Gasteiger partial charge is 0.390 e. The molecule has 0 aliphatic heterocycles. The van der Waals surface area contributed by atoms with Crippen molar-refractivity contribution in [3.63, 3.8) is 0 Å². The summed E-state index contributed by atoms with van der Waals surface area (Å²) in [5.41, 5.74) is 0.586. The van der Waals surface area contributed by atoms with Gasteiger partial charge in [-0.1, -0.05) is 6.92 Å². The molecule has 1 rings (SSSR count). The van der Waals surface area contributed by atoms with Crippen LogP contribution in [0.15, 0.2) is 4.90 Å². The molecular weight excluding hydrogens is 274 g/mol. The van der Waals surface area contributed by atoms with Gasteiger partial charge in [0.05, 0.1) is 12.3 Å². The van der Waals surface area contributed by atoms with Gasteiger partial charge in [-0.3, -0.25) is 5.10 Å². The number of H-pyrrole nitrogens is 1. The fraction of sp³-hybridized carbons (Fsp3) is 0.700. The summed E-state index contributed by atoms with van der Waals surface area (Å²) in [5, 5.41) is 15.8. The molecule has 1 unspecified atom stereocenters. The molecule has 0 aliphatic rings. The number of aromatic amines is 1. The van der Waals surface area contributed by atoms with Crippen molar-refractivity contribution in [3.8, 4) is 0 Å². The van der Waals surface area contributed by atoms with Gasteiger partial charge >= 0.3 is 0 Å². The van der Waals surface area contributed by atoms with Crippen molar-refractivity contribution < 1.29 is 13.5 Å². The molecule has 0 fully saturated rings. The van der Waals surface area contributed by atoms with Crippen molar-refractivity contribution in [2.24, 2.45) is 0 Å². The van der Waals surface area contributed by atoms with Crippen LogP contribution in [0, 0.1) is 6.92 Å². The average molecular weight is 293 g/mol. The van der Waals surface area contributed by atoms with Crippen molar-refractivity contribution in [1.82, 2.24) is 14.9 Å². The van der Waals surface area contributed by atoms with E-state index >= 15 is 0 Å². The number of hydrogen-bond donors (Lipinski definition) is 3. The van der Waals surface area contributed by atoms with Crippen LogP contribution >= 0.6 is 11.8 Å². The van der Waals surface area contributed by atoms with E-state index in [1.54, 1.807) is 18.7 Å². The Morgan fingerprint density at radius 3 is 2.78 bits per heavy atom. The van der Waals surface area contributed by atoms with E-state index in [-0.39, 0.29) is 10.6 Å². The van der Waals surface area contributed by atoms with E-state index in [1.807, 2.05) is 13.2 Å². The Morgan fingerprint density at radius 1 is 1.56 bits per heavy atom. The van der Waals surface area contributed by atoms with Gasteiger partial charge in [-0.25, -0.2) is 13.1 Å². The minimum atomic E-state index is -3.61. The van der Waals surface area contributed by atoms with Crippen LogP contribution in [-0.2, 0) is 16.6 Å². The molecule has 1 atom stereocenters. The Bertz CT molecular complexity index is 485. The Balaban J connectivity index is 2.77. The fourth-order valence-electron chi connectivity index (χ4n) is 1.52. The lowest BCUT2D eigenvalue weighted by Crippen LogP contribution is -2.27. The molecule has 104 valence electrons. The summed E-state index contributed by atoms with van der Waals surface area (Å²) >= 11 is 1.69. The fourth-order valence-corrected chi connectivity index (χ4v) is 3.27. The van der Waals surface area contributed by atoms with Crippen LogP contribution < -0.4 is 4.72 Å². The number of thioether (sulfide) groups is 1. The van der Waals surface area contributed by atoms with E-state index in [0.717, 1.165) is 6.42 Å². The Labute approximate surface area is 112 Å². The molecule has 0 aliphatic carbocycles. The molecule has 0 bridgehead atoms. The molecular formula is C10H19N3O3S2. The highest BCUT2D eigenvalue weighted by Gasteiger charge is 2.23. The van der Waals surface area contributed by atoms with Crippen LogP contribution in [0.2, 0.25) is 0 Å². The van der Waals surface area contributed by atoms with Gasteiger partial charge < -0.3 is 5.11 Å². The van der Waals surface area contributed by atoms with Crippen LogP contribution in [0.1, 0.15) is 24.7 Å². The van der Waals surface area contributed by atoms with E-state index in [9.17, 15) is 8.42 Å². The van der Waals surface area contributed by atoms with Gasteiger partial charge in [-0.05, 0) is 19.6 Å². The zero-order valence-electron chi connectivity index (χ0n) is 10.7. The molecule has 18 heavy (non-hydrogen) atoms. The number of aryl methyl sites for hydroxylation is 1. The lowest BCUT2D eigenvalue weighted by atomic mass is 10.3. The average Bonchev–Trinajstić information content (AvgIpc) is 2.70. The Kier molecular flexibility index (Phi) is 5.64. The summed E-state index contributed by atoms with van der Waals surface area (Å²) in [7, 11) is -3.61. The number of aliphatic hydroxyl groups is 1. The summed E-state index contributed by atoms with van der Waals surface area (Å²) < 4.78 is 26.7. The van der Waals surface area contributed by atoms with Crippen molar-refractivity contribution in [1.29, 1.82) is 0 Å². The molecule has 1 aromatic rings. The van der Waals surface area contributed by atoms with Crippen LogP contribution in [-0.4, -0.2) is 41.8 Å². The maximum Gasteiger partial charge on any atom is 0.244 e. The first-order valence-corrected chi connectivity index (χ1v) is 8.36. The Morgan fingerprint density at radius 2 is 2.22 bits per heavy atom. The lowest BCUT2D eigenvalue weighted by molar-refractivity contribution is 0.273. The number of rotatable bonds is 7. The van der Waals surface area contributed by atoms with Crippen LogP contribution in [0.3, 0.4) is 0 Å². The maximum absolute atomic E-state index is 12.1. The van der Waals surface area contributed by atoms with E-state index in [4.69, 9.17) is 5.11 Å². The first-order chi connectivity index (χ1) is 8.42. The highest BCUT2D eigenvalue weighted by Crippen LogP contribution is 2.17. The minimum Gasteiger partial charge on any atom is -0.390 e. The van der Waals surface area contributed by atoms with Crippen LogP contribution in [0.4, 0.5) is 0 Å². The first-order valence-electron chi connectivity index (χ1n) is 5.59. The zero-order valence-corrected chi connectivity index (χ0v) is 12.4. The maximum atomic E-state index is 12.1.